The van der Waals surface area contributed by atoms with Gasteiger partial charge in [0.1, 0.15) is 0 Å². The summed E-state index contributed by atoms with van der Waals surface area (Å²) in [6, 6.07) is 0. The fraction of sp³-hybridized carbons (Fsp3) is 0.667. The van der Waals surface area contributed by atoms with Gasteiger partial charge in [-0.05, 0) is 26.5 Å². The summed E-state index contributed by atoms with van der Waals surface area (Å²) in [7, 11) is 0. The third-order valence-electron chi connectivity index (χ3n) is 1.45. The molecule has 0 spiro atoms. The molecule has 0 amide bonds. The Morgan fingerprint density at radius 3 is 2.38 bits per heavy atom. The lowest BCUT2D eigenvalue weighted by Gasteiger charge is -2.38. The zero-order valence-electron chi connectivity index (χ0n) is 5.22. The Hall–Kier alpha value is -0.500. The van der Waals surface area contributed by atoms with E-state index in [-0.39, 0.29) is 5.54 Å². The summed E-state index contributed by atoms with van der Waals surface area (Å²) in [6.45, 7) is 3.86. The molecular formula is C6H10NO-. The fourth-order valence-corrected chi connectivity index (χ4v) is 0.729. The fourth-order valence-electron chi connectivity index (χ4n) is 0.729. The van der Waals surface area contributed by atoms with Crippen LogP contribution in [0.25, 0.3) is 0 Å². The van der Waals surface area contributed by atoms with Crippen molar-refractivity contribution >= 4 is 0 Å². The first-order valence-electron chi connectivity index (χ1n) is 2.76. The molecule has 1 rings (SSSR count). The number of rotatable bonds is 0. The topological polar surface area (TPSA) is 26.3 Å². The van der Waals surface area contributed by atoms with Gasteiger partial charge in [-0.1, -0.05) is 6.08 Å². The summed E-state index contributed by atoms with van der Waals surface area (Å²) in [5, 5.41) is 11.7. The molecule has 2 nitrogen and oxygen atoms in total. The van der Waals surface area contributed by atoms with Crippen LogP contribution in [0.2, 0.25) is 0 Å². The molecular weight excluding hydrogens is 102 g/mol. The van der Waals surface area contributed by atoms with Crippen LogP contribution >= 0.6 is 0 Å². The molecule has 0 N–H and O–H groups in total. The number of hydrogen-bond donors (Lipinski definition) is 0. The molecule has 8 heavy (non-hydrogen) atoms. The van der Waals surface area contributed by atoms with Gasteiger partial charge in [0.2, 0.25) is 0 Å². The second-order valence-corrected chi connectivity index (χ2v) is 2.73. The van der Waals surface area contributed by atoms with Crippen LogP contribution in [-0.2, 0) is 0 Å². The Bertz CT molecular complexity index is 118. The molecule has 0 atom stereocenters. The smallest absolute Gasteiger partial charge is 0.0262 e. The Morgan fingerprint density at radius 2 is 2.25 bits per heavy atom. The van der Waals surface area contributed by atoms with Gasteiger partial charge in [-0.15, -0.1) is 0 Å². The highest BCUT2D eigenvalue weighted by molar-refractivity contribution is 5.03. The molecule has 1 heterocycles. The van der Waals surface area contributed by atoms with E-state index in [2.05, 4.69) is 0 Å². The van der Waals surface area contributed by atoms with Crippen molar-refractivity contribution in [1.82, 2.24) is 5.06 Å². The summed E-state index contributed by atoms with van der Waals surface area (Å²) >= 11 is 0. The van der Waals surface area contributed by atoms with Gasteiger partial charge in [-0.25, -0.2) is 0 Å². The normalized spacial score (nSPS) is 24.6. The first-order chi connectivity index (χ1) is 3.63. The monoisotopic (exact) mass is 112 g/mol. The first-order valence-corrected chi connectivity index (χ1v) is 2.76. The Labute approximate surface area is 49.4 Å². The predicted molar refractivity (Wildman–Crippen MR) is 33.0 cm³/mol. The lowest BCUT2D eigenvalue weighted by molar-refractivity contribution is 0.282. The van der Waals surface area contributed by atoms with E-state index >= 15 is 0 Å². The SMILES string of the molecule is CC1(C)CC=CN1[O-]. The minimum atomic E-state index is -0.181. The third kappa shape index (κ3) is 0.713. The van der Waals surface area contributed by atoms with Crippen LogP contribution in [0.5, 0.6) is 0 Å². The highest BCUT2D eigenvalue weighted by Gasteiger charge is 2.19. The van der Waals surface area contributed by atoms with Crippen LogP contribution in [0.4, 0.5) is 0 Å². The third-order valence-corrected chi connectivity index (χ3v) is 1.45. The molecule has 0 saturated carbocycles. The quantitative estimate of drug-likeness (QED) is 0.474. The van der Waals surface area contributed by atoms with Crippen molar-refractivity contribution in [3.05, 3.63) is 17.5 Å². The highest BCUT2D eigenvalue weighted by atomic mass is 16.5. The van der Waals surface area contributed by atoms with Crippen molar-refractivity contribution in [1.29, 1.82) is 0 Å². The number of hydrogen-bond acceptors (Lipinski definition) is 2. The van der Waals surface area contributed by atoms with Gasteiger partial charge in [0.15, 0.2) is 0 Å². The molecule has 0 aromatic heterocycles. The molecule has 1 aliphatic heterocycles. The zero-order chi connectivity index (χ0) is 6.20. The second kappa shape index (κ2) is 1.49. The van der Waals surface area contributed by atoms with Crippen molar-refractivity contribution in [2.24, 2.45) is 0 Å². The zero-order valence-corrected chi connectivity index (χ0v) is 5.22. The molecule has 0 radical (unpaired) electrons. The van der Waals surface area contributed by atoms with E-state index in [0.29, 0.717) is 0 Å². The minimum absolute atomic E-state index is 0.181. The Kier molecular flexibility index (Phi) is 1.05. The van der Waals surface area contributed by atoms with E-state index in [4.69, 9.17) is 0 Å². The maximum Gasteiger partial charge on any atom is 0.0262 e. The van der Waals surface area contributed by atoms with Crippen LogP contribution in [-0.4, -0.2) is 10.6 Å². The summed E-state index contributed by atoms with van der Waals surface area (Å²) in [6.07, 6.45) is 4.35. The minimum Gasteiger partial charge on any atom is -0.758 e. The average molecular weight is 112 g/mol. The van der Waals surface area contributed by atoms with Gasteiger partial charge in [0.05, 0.1) is 0 Å². The van der Waals surface area contributed by atoms with Crippen LogP contribution in [0.15, 0.2) is 12.3 Å². The van der Waals surface area contributed by atoms with Gasteiger partial charge in [-0.2, -0.15) is 0 Å². The van der Waals surface area contributed by atoms with Crippen molar-refractivity contribution in [3.63, 3.8) is 0 Å². The summed E-state index contributed by atoms with van der Waals surface area (Å²) in [4.78, 5) is 0. The molecule has 0 fully saturated rings. The van der Waals surface area contributed by atoms with Crippen LogP contribution in [0.3, 0.4) is 0 Å². The lowest BCUT2D eigenvalue weighted by atomic mass is 10.0. The number of hydroxylamine groups is 2. The molecule has 0 aromatic carbocycles. The van der Waals surface area contributed by atoms with Crippen molar-refractivity contribution in [2.45, 2.75) is 25.8 Å². The van der Waals surface area contributed by atoms with Gasteiger partial charge in [0, 0.05) is 5.54 Å². The number of nitrogens with zero attached hydrogens (tertiary/aromatic N) is 1. The standard InChI is InChI=1S/C6H10NO/c1-6(2)4-3-5-7(6)8/h3,5H,4H2,1-2H3/q-1. The van der Waals surface area contributed by atoms with E-state index in [1.165, 1.54) is 0 Å². The Balaban J connectivity index is 2.64. The maximum absolute atomic E-state index is 10.7. The lowest BCUT2D eigenvalue weighted by Crippen LogP contribution is -2.31. The van der Waals surface area contributed by atoms with E-state index < -0.39 is 0 Å². The average Bonchev–Trinajstić information content (AvgIpc) is 1.86. The highest BCUT2D eigenvalue weighted by Crippen LogP contribution is 2.23. The largest absolute Gasteiger partial charge is 0.758 e. The van der Waals surface area contributed by atoms with Gasteiger partial charge >= 0.3 is 0 Å². The van der Waals surface area contributed by atoms with Gasteiger partial charge in [-0.3, -0.25) is 0 Å². The van der Waals surface area contributed by atoms with Crippen molar-refractivity contribution in [2.75, 3.05) is 0 Å². The van der Waals surface area contributed by atoms with E-state index in [1.54, 1.807) is 6.20 Å². The molecule has 0 saturated heterocycles. The van der Waals surface area contributed by atoms with Crippen LogP contribution in [0.1, 0.15) is 20.3 Å². The summed E-state index contributed by atoms with van der Waals surface area (Å²) < 4.78 is 0. The molecule has 1 aliphatic rings. The molecule has 0 unspecified atom stereocenters. The van der Waals surface area contributed by atoms with Crippen molar-refractivity contribution in [3.8, 4) is 0 Å². The van der Waals surface area contributed by atoms with Gasteiger partial charge < -0.3 is 10.3 Å². The molecule has 46 valence electrons. The molecule has 0 bridgehead atoms. The van der Waals surface area contributed by atoms with E-state index in [1.807, 2.05) is 19.9 Å². The second-order valence-electron chi connectivity index (χ2n) is 2.73. The van der Waals surface area contributed by atoms with Gasteiger partial charge in [0.25, 0.3) is 0 Å². The van der Waals surface area contributed by atoms with Crippen molar-refractivity contribution < 1.29 is 0 Å². The summed E-state index contributed by atoms with van der Waals surface area (Å²) in [5.41, 5.74) is -0.181. The maximum atomic E-state index is 10.7. The molecule has 2 heteroatoms. The van der Waals surface area contributed by atoms with E-state index in [9.17, 15) is 5.21 Å². The van der Waals surface area contributed by atoms with E-state index in [0.717, 1.165) is 11.5 Å². The molecule has 0 aromatic rings. The van der Waals surface area contributed by atoms with Crippen LogP contribution in [0, 0.1) is 5.21 Å². The van der Waals surface area contributed by atoms with Crippen LogP contribution < -0.4 is 0 Å². The summed E-state index contributed by atoms with van der Waals surface area (Å²) in [5.74, 6) is 0. The Morgan fingerprint density at radius 1 is 1.62 bits per heavy atom. The molecule has 0 aliphatic carbocycles. The first kappa shape index (κ1) is 5.63. The predicted octanol–water partition coefficient (Wildman–Crippen LogP) is 1.48.